The number of ether oxygens (including phenoxy) is 2. The van der Waals surface area contributed by atoms with Gasteiger partial charge in [0.25, 0.3) is 5.95 Å². The molecule has 0 radical (unpaired) electrons. The molecule has 0 saturated heterocycles. The lowest BCUT2D eigenvalue weighted by atomic mass is 10.1. The second-order valence-corrected chi connectivity index (χ2v) is 5.19. The number of hydrogen-bond donors (Lipinski definition) is 1. The maximum atomic E-state index is 10.5. The van der Waals surface area contributed by atoms with Crippen molar-refractivity contribution in [2.45, 2.75) is 13.5 Å². The van der Waals surface area contributed by atoms with E-state index in [1.807, 2.05) is 42.5 Å². The van der Waals surface area contributed by atoms with E-state index in [1.165, 1.54) is 6.07 Å². The minimum Gasteiger partial charge on any atom is -0.489 e. The summed E-state index contributed by atoms with van der Waals surface area (Å²) in [6.07, 6.45) is -1.41. The molecule has 1 aromatic heterocycles. The second-order valence-electron chi connectivity index (χ2n) is 5.19. The van der Waals surface area contributed by atoms with Crippen LogP contribution in [0.25, 0.3) is 11.1 Å². The van der Waals surface area contributed by atoms with Gasteiger partial charge in [0.05, 0.1) is 0 Å². The van der Waals surface area contributed by atoms with Crippen LogP contribution in [-0.4, -0.2) is 11.3 Å². The van der Waals surface area contributed by atoms with Crippen LogP contribution in [0.5, 0.6) is 11.7 Å². The van der Waals surface area contributed by atoms with Crippen molar-refractivity contribution in [2.24, 2.45) is 0 Å². The Hall–Kier alpha value is -3.21. The van der Waals surface area contributed by atoms with Gasteiger partial charge in [-0.2, -0.15) is 0 Å². The number of aryl methyl sites for hydroxylation is 1. The topological polar surface area (TPSA) is 68.9 Å². The van der Waals surface area contributed by atoms with Gasteiger partial charge in [0.1, 0.15) is 18.1 Å². The zero-order chi connectivity index (χ0) is 16.9. The molecule has 0 bridgehead atoms. The van der Waals surface area contributed by atoms with E-state index in [0.717, 1.165) is 22.4 Å². The van der Waals surface area contributed by atoms with E-state index >= 15 is 0 Å². The smallest absolute Gasteiger partial charge is 0.489 e. The fraction of sp³-hybridized carbons (Fsp3) is 0.105. The maximum absolute atomic E-state index is 10.5. The minimum absolute atomic E-state index is 0.0574. The molecule has 1 heterocycles. The van der Waals surface area contributed by atoms with Gasteiger partial charge in [-0.1, -0.05) is 42.5 Å². The van der Waals surface area contributed by atoms with Crippen molar-refractivity contribution in [3.63, 3.8) is 0 Å². The summed E-state index contributed by atoms with van der Waals surface area (Å²) in [6.45, 7) is 1.99. The highest BCUT2D eigenvalue weighted by Gasteiger charge is 2.12. The Bertz CT molecular complexity index is 819. The van der Waals surface area contributed by atoms with Crippen molar-refractivity contribution in [1.82, 2.24) is 0 Å². The Balaban J connectivity index is 1.65. The van der Waals surface area contributed by atoms with Crippen LogP contribution in [0.2, 0.25) is 0 Å². The van der Waals surface area contributed by atoms with E-state index in [0.29, 0.717) is 5.76 Å². The molecule has 0 saturated carbocycles. The Morgan fingerprint density at radius 3 is 2.38 bits per heavy atom. The molecule has 0 aliphatic carbocycles. The van der Waals surface area contributed by atoms with Crippen LogP contribution < -0.4 is 9.47 Å². The molecule has 0 aliphatic rings. The monoisotopic (exact) mass is 324 g/mol. The Morgan fingerprint density at radius 2 is 1.71 bits per heavy atom. The first-order chi connectivity index (χ1) is 11.6. The first kappa shape index (κ1) is 15.7. The molecule has 3 aromatic rings. The molecule has 0 aliphatic heterocycles. The maximum Gasteiger partial charge on any atom is 0.513 e. The zero-order valence-corrected chi connectivity index (χ0v) is 13.1. The molecule has 0 atom stereocenters. The molecule has 2 aromatic carbocycles. The molecule has 5 nitrogen and oxygen atoms in total. The van der Waals surface area contributed by atoms with Crippen molar-refractivity contribution in [3.05, 3.63) is 72.0 Å². The normalized spacial score (nSPS) is 10.4. The van der Waals surface area contributed by atoms with E-state index in [1.54, 1.807) is 6.92 Å². The average molecular weight is 324 g/mol. The summed E-state index contributed by atoms with van der Waals surface area (Å²) in [4.78, 5) is 10.5. The van der Waals surface area contributed by atoms with E-state index in [-0.39, 0.29) is 12.6 Å². The highest BCUT2D eigenvalue weighted by Crippen LogP contribution is 2.25. The van der Waals surface area contributed by atoms with Crippen LogP contribution in [-0.2, 0) is 6.61 Å². The molecule has 0 spiro atoms. The van der Waals surface area contributed by atoms with Crippen molar-refractivity contribution < 1.29 is 23.8 Å². The van der Waals surface area contributed by atoms with Crippen molar-refractivity contribution in [2.75, 3.05) is 0 Å². The number of rotatable bonds is 5. The van der Waals surface area contributed by atoms with Crippen LogP contribution in [0.1, 0.15) is 11.3 Å². The van der Waals surface area contributed by atoms with Crippen LogP contribution >= 0.6 is 0 Å². The molecule has 24 heavy (non-hydrogen) atoms. The Kier molecular flexibility index (Phi) is 4.52. The van der Waals surface area contributed by atoms with Gasteiger partial charge in [0.15, 0.2) is 0 Å². The molecule has 122 valence electrons. The molecule has 3 rings (SSSR count). The Morgan fingerprint density at radius 1 is 1.04 bits per heavy atom. The molecule has 5 heteroatoms. The number of benzene rings is 2. The van der Waals surface area contributed by atoms with Gasteiger partial charge in [-0.15, -0.1) is 0 Å². The number of furan rings is 1. The van der Waals surface area contributed by atoms with E-state index < -0.39 is 6.16 Å². The standard InChI is InChI=1S/C19H16O5/c1-13-16(11-18(23-13)24-19(20)21)12-22-17-9-7-15(8-10-17)14-5-3-2-4-6-14/h2-11H,12H2,1H3,(H,20,21). The average Bonchev–Trinajstić information content (AvgIpc) is 2.93. The summed E-state index contributed by atoms with van der Waals surface area (Å²) in [7, 11) is 0. The summed E-state index contributed by atoms with van der Waals surface area (Å²) in [5, 5.41) is 8.58. The van der Waals surface area contributed by atoms with Crippen LogP contribution in [0, 0.1) is 6.92 Å². The largest absolute Gasteiger partial charge is 0.513 e. The fourth-order valence-corrected chi connectivity index (χ4v) is 2.30. The first-order valence-corrected chi connectivity index (χ1v) is 7.40. The van der Waals surface area contributed by atoms with Gasteiger partial charge in [0, 0.05) is 11.6 Å². The SMILES string of the molecule is Cc1oc(OC(=O)O)cc1COc1ccc(-c2ccccc2)cc1. The molecular formula is C19H16O5. The molecule has 0 unspecified atom stereocenters. The van der Waals surface area contributed by atoms with Gasteiger partial charge < -0.3 is 19.0 Å². The third kappa shape index (κ3) is 3.76. The summed E-state index contributed by atoms with van der Waals surface area (Å²) >= 11 is 0. The second kappa shape index (κ2) is 6.91. The van der Waals surface area contributed by atoms with Gasteiger partial charge in [0.2, 0.25) is 0 Å². The fourth-order valence-electron chi connectivity index (χ4n) is 2.30. The van der Waals surface area contributed by atoms with Crippen molar-refractivity contribution in [3.8, 4) is 22.8 Å². The molecule has 0 fully saturated rings. The number of hydrogen-bond acceptors (Lipinski definition) is 4. The highest BCUT2D eigenvalue weighted by molar-refractivity contribution is 5.64. The quantitative estimate of drug-likeness (QED) is 0.677. The minimum atomic E-state index is -1.41. The Labute approximate surface area is 139 Å². The van der Waals surface area contributed by atoms with E-state index in [2.05, 4.69) is 16.9 Å². The summed E-state index contributed by atoms with van der Waals surface area (Å²) in [5.74, 6) is 1.22. The van der Waals surface area contributed by atoms with Crippen LogP contribution in [0.15, 0.2) is 65.1 Å². The first-order valence-electron chi connectivity index (χ1n) is 7.40. The predicted octanol–water partition coefficient (Wildman–Crippen LogP) is 4.89. The number of carbonyl (C=O) groups is 1. The zero-order valence-electron chi connectivity index (χ0n) is 13.1. The molecular weight excluding hydrogens is 308 g/mol. The number of carboxylic acid groups (broad SMARTS) is 1. The highest BCUT2D eigenvalue weighted by atomic mass is 16.7. The summed E-state index contributed by atoms with van der Waals surface area (Å²) in [6, 6.07) is 19.4. The van der Waals surface area contributed by atoms with Crippen molar-refractivity contribution >= 4 is 6.16 Å². The van der Waals surface area contributed by atoms with Gasteiger partial charge in [-0.05, 0) is 30.2 Å². The summed E-state index contributed by atoms with van der Waals surface area (Å²) in [5.41, 5.74) is 2.99. The molecule has 0 amide bonds. The predicted molar refractivity (Wildman–Crippen MR) is 88.3 cm³/mol. The van der Waals surface area contributed by atoms with E-state index in [9.17, 15) is 4.79 Å². The molecule has 1 N–H and O–H groups in total. The summed E-state index contributed by atoms with van der Waals surface area (Å²) < 4.78 is 15.4. The van der Waals surface area contributed by atoms with Crippen molar-refractivity contribution in [1.29, 1.82) is 0 Å². The third-order valence-electron chi connectivity index (χ3n) is 3.54. The third-order valence-corrected chi connectivity index (χ3v) is 3.54. The van der Waals surface area contributed by atoms with Crippen LogP contribution in [0.4, 0.5) is 4.79 Å². The van der Waals surface area contributed by atoms with Crippen LogP contribution in [0.3, 0.4) is 0 Å². The lowest BCUT2D eigenvalue weighted by molar-refractivity contribution is 0.132. The van der Waals surface area contributed by atoms with Gasteiger partial charge >= 0.3 is 6.16 Å². The lowest BCUT2D eigenvalue weighted by Crippen LogP contribution is -2.01. The van der Waals surface area contributed by atoms with E-state index in [4.69, 9.17) is 14.3 Å². The van der Waals surface area contributed by atoms with Gasteiger partial charge in [-0.25, -0.2) is 4.79 Å². The van der Waals surface area contributed by atoms with Gasteiger partial charge in [-0.3, -0.25) is 0 Å². The lowest BCUT2D eigenvalue weighted by Gasteiger charge is -2.07.